The number of fused-ring (bicyclic) bond motifs is 2. The van der Waals surface area contributed by atoms with Gasteiger partial charge in [-0.2, -0.15) is 10.2 Å². The van der Waals surface area contributed by atoms with Crippen LogP contribution < -0.4 is 25.9 Å². The summed E-state index contributed by atoms with van der Waals surface area (Å²) in [5, 5.41) is 12.1. The molecule has 0 amide bonds. The number of aromatic amines is 2. The summed E-state index contributed by atoms with van der Waals surface area (Å²) in [5.74, 6) is 4.33. The number of nitrogens with zero attached hydrogens (tertiary/aromatic N) is 7. The molecule has 4 fully saturated rings. The van der Waals surface area contributed by atoms with Gasteiger partial charge in [-0.1, -0.05) is 7.43 Å². The molecule has 0 atom stereocenters. The zero-order chi connectivity index (χ0) is 40.7. The van der Waals surface area contributed by atoms with Crippen molar-refractivity contribution in [2.45, 2.75) is 69.6 Å². The highest BCUT2D eigenvalue weighted by atomic mass is 35.5. The third-order valence-corrected chi connectivity index (χ3v) is 10.8. The van der Waals surface area contributed by atoms with E-state index in [1.54, 1.807) is 45.7 Å². The smallest absolute Gasteiger partial charge is 0.276 e. The Bertz CT molecular complexity index is 2420. The number of imidazole rings is 2. The Morgan fingerprint density at radius 2 is 1.13 bits per heavy atom. The van der Waals surface area contributed by atoms with Gasteiger partial charge in [0.15, 0.2) is 11.0 Å². The van der Waals surface area contributed by atoms with Gasteiger partial charge in [-0.25, -0.2) is 27.8 Å². The van der Waals surface area contributed by atoms with Crippen LogP contribution in [0.4, 0.5) is 8.78 Å². The zero-order valence-electron chi connectivity index (χ0n) is 32.2. The number of rotatable bonds is 9. The van der Waals surface area contributed by atoms with Gasteiger partial charge in [0.2, 0.25) is 0 Å². The Hall–Kier alpha value is -5.27. The van der Waals surface area contributed by atoms with E-state index >= 15 is 0 Å². The number of alkyl halides is 1. The van der Waals surface area contributed by atoms with Crippen LogP contribution >= 0.6 is 11.6 Å². The minimum Gasteiger partial charge on any atom is -0.488 e. The van der Waals surface area contributed by atoms with Gasteiger partial charge in [0.05, 0.1) is 24.8 Å². The van der Waals surface area contributed by atoms with Crippen LogP contribution in [0, 0.1) is 11.6 Å². The van der Waals surface area contributed by atoms with E-state index in [4.69, 9.17) is 30.5 Å². The molecule has 0 radical (unpaired) electrons. The molecule has 2 aromatic carbocycles. The maximum Gasteiger partial charge on any atom is 0.276 e. The minimum absolute atomic E-state index is 0. The second-order valence-corrected chi connectivity index (χ2v) is 15.0. The molecule has 8 heterocycles. The van der Waals surface area contributed by atoms with E-state index in [2.05, 4.69) is 40.3 Å². The highest BCUT2D eigenvalue weighted by Crippen LogP contribution is 2.27. The first kappa shape index (κ1) is 42.8. The number of H-pyrrole nitrogens is 2. The summed E-state index contributed by atoms with van der Waals surface area (Å²) in [6.45, 7) is 6.61. The molecule has 0 spiro atoms. The molecule has 0 unspecified atom stereocenters. The van der Waals surface area contributed by atoms with Crippen LogP contribution in [-0.2, 0) is 21.9 Å². The fraction of sp³-hybridized carbons (Fsp3) is 0.463. The third-order valence-electron chi connectivity index (χ3n) is 10.5. The second kappa shape index (κ2) is 19.9. The predicted octanol–water partition coefficient (Wildman–Crippen LogP) is 4.58. The topological polar surface area (TPSA) is 178 Å². The van der Waals surface area contributed by atoms with Crippen molar-refractivity contribution in [2.75, 3.05) is 52.6 Å². The molecule has 4 aliphatic heterocycles. The van der Waals surface area contributed by atoms with Crippen LogP contribution in [0.15, 0.2) is 70.5 Å². The minimum atomic E-state index is -0.280. The van der Waals surface area contributed by atoms with Crippen molar-refractivity contribution in [3.8, 4) is 11.5 Å². The number of halogens is 3. The summed E-state index contributed by atoms with van der Waals surface area (Å²) in [5.41, 5.74) is 0.550. The van der Waals surface area contributed by atoms with E-state index < -0.39 is 0 Å². The first-order valence-corrected chi connectivity index (χ1v) is 20.3. The van der Waals surface area contributed by atoms with Gasteiger partial charge in [0, 0.05) is 64.4 Å². The number of benzene rings is 2. The lowest BCUT2D eigenvalue weighted by atomic mass is 10.00. The Kier molecular flexibility index (Phi) is 14.2. The normalized spacial score (nSPS) is 17.7. The van der Waals surface area contributed by atoms with E-state index in [9.17, 15) is 18.4 Å². The molecular weight excluding hydrogens is 802 g/mol. The van der Waals surface area contributed by atoms with Crippen molar-refractivity contribution in [1.29, 1.82) is 0 Å². The molecule has 4 saturated heterocycles. The fourth-order valence-corrected chi connectivity index (χ4v) is 7.34. The lowest BCUT2D eigenvalue weighted by Crippen LogP contribution is -2.53. The molecule has 4 aromatic heterocycles. The van der Waals surface area contributed by atoms with Crippen molar-refractivity contribution < 1.29 is 27.7 Å². The zero-order valence-corrected chi connectivity index (χ0v) is 33.0. The van der Waals surface area contributed by atoms with Crippen molar-refractivity contribution in [3.63, 3.8) is 0 Å². The van der Waals surface area contributed by atoms with Crippen LogP contribution in [0.2, 0.25) is 0 Å². The first-order valence-electron chi connectivity index (χ1n) is 19.7. The molecule has 0 bridgehead atoms. The summed E-state index contributed by atoms with van der Waals surface area (Å²) in [6.07, 6.45) is 7.05. The van der Waals surface area contributed by atoms with Gasteiger partial charge < -0.3 is 34.2 Å². The summed E-state index contributed by atoms with van der Waals surface area (Å²) in [7, 11) is 0. The van der Waals surface area contributed by atoms with E-state index in [0.29, 0.717) is 54.1 Å². The largest absolute Gasteiger partial charge is 0.488 e. The summed E-state index contributed by atoms with van der Waals surface area (Å²) >= 11 is 5.72. The van der Waals surface area contributed by atoms with E-state index in [0.717, 1.165) is 82.5 Å². The van der Waals surface area contributed by atoms with Gasteiger partial charge in [-0.15, -0.1) is 11.6 Å². The molecule has 10 rings (SSSR count). The molecule has 0 saturated carbocycles. The monoisotopic (exact) mass is 850 g/mol. The second-order valence-electron chi connectivity index (χ2n) is 14.8. The predicted molar refractivity (Wildman–Crippen MR) is 219 cm³/mol. The Morgan fingerprint density at radius 3 is 1.58 bits per heavy atom. The maximum absolute atomic E-state index is 13.0. The van der Waals surface area contributed by atoms with Crippen LogP contribution in [0.3, 0.4) is 0 Å². The molecule has 60 heavy (non-hydrogen) atoms. The SMILES string of the molecule is C.Fc1ccc(OC2CNC2)cc1.O=c1[nH]c(CCl)nn2c(C3CCOCC3)ncc12.O=c1[nH]c(CN2CC(Oc3ccc(F)cc3)C2)nn2c(C3CCOCC3)ncc12. The molecule has 0 aliphatic carbocycles. The highest BCUT2D eigenvalue weighted by Gasteiger charge is 2.30. The van der Waals surface area contributed by atoms with Crippen LogP contribution in [-0.4, -0.2) is 109 Å². The molecule has 19 heteroatoms. The Balaban J connectivity index is 0.000000149. The standard InChI is InChI=1S/C20H22FN5O3.C11H13ClN4O2.C9H10FNO.CH4/c21-14-1-3-15(4-2-14)29-16-10-25(11-16)12-18-23-20(27)17-9-22-19(26(17)24-18)13-5-7-28-8-6-13;12-5-9-14-11(17)8-6-13-10(16(8)15-9)7-1-3-18-4-2-7;10-7-1-3-8(4-2-7)12-9-5-11-6-9;/h1-4,9,13,16H,5-8,10-12H2,(H,23,24,27);6-7H,1-5H2,(H,14,15,17);1-4,9,11H,5-6H2;1H4. The number of aromatic nitrogens is 8. The molecule has 4 aliphatic rings. The average molecular weight is 851 g/mol. The van der Waals surface area contributed by atoms with Gasteiger partial charge in [-0.3, -0.25) is 14.5 Å². The van der Waals surface area contributed by atoms with E-state index in [1.165, 1.54) is 24.3 Å². The number of hydrogen-bond donors (Lipinski definition) is 3. The molecule has 6 aromatic rings. The number of likely N-dealkylation sites (tertiary alicyclic amines) is 1. The molecule has 320 valence electrons. The van der Waals surface area contributed by atoms with Gasteiger partial charge in [0.1, 0.15) is 58.6 Å². The lowest BCUT2D eigenvalue weighted by molar-refractivity contribution is 0.0127. The Morgan fingerprint density at radius 1 is 0.683 bits per heavy atom. The summed E-state index contributed by atoms with van der Waals surface area (Å²) < 4.78 is 50.8. The van der Waals surface area contributed by atoms with E-state index in [1.807, 2.05) is 0 Å². The Labute approximate surface area is 349 Å². The van der Waals surface area contributed by atoms with Crippen LogP contribution in [0.1, 0.15) is 68.2 Å². The van der Waals surface area contributed by atoms with Crippen molar-refractivity contribution in [1.82, 2.24) is 49.4 Å². The first-order chi connectivity index (χ1) is 28.8. The fourth-order valence-electron chi connectivity index (χ4n) is 7.22. The number of hydrogen-bond acceptors (Lipinski definition) is 12. The number of nitrogens with one attached hydrogen (secondary N) is 3. The molecular formula is C41H49ClF2N10O6. The maximum atomic E-state index is 13.0. The van der Waals surface area contributed by atoms with Crippen molar-refractivity contribution in [2.24, 2.45) is 0 Å². The quantitative estimate of drug-likeness (QED) is 0.173. The van der Waals surface area contributed by atoms with E-state index in [-0.39, 0.29) is 54.2 Å². The van der Waals surface area contributed by atoms with Gasteiger partial charge >= 0.3 is 0 Å². The van der Waals surface area contributed by atoms with Gasteiger partial charge in [-0.05, 0) is 74.2 Å². The van der Waals surface area contributed by atoms with Crippen molar-refractivity contribution in [3.05, 3.63) is 117 Å². The van der Waals surface area contributed by atoms with Crippen LogP contribution in [0.5, 0.6) is 11.5 Å². The summed E-state index contributed by atoms with van der Waals surface area (Å²) in [6, 6.07) is 12.1. The van der Waals surface area contributed by atoms with Crippen molar-refractivity contribution >= 4 is 22.6 Å². The van der Waals surface area contributed by atoms with Crippen LogP contribution in [0.25, 0.3) is 11.0 Å². The molecule has 16 nitrogen and oxygen atoms in total. The number of ether oxygens (including phenoxy) is 4. The van der Waals surface area contributed by atoms with Gasteiger partial charge in [0.25, 0.3) is 11.1 Å². The lowest BCUT2D eigenvalue weighted by Gasteiger charge is -2.38. The highest BCUT2D eigenvalue weighted by molar-refractivity contribution is 6.16. The third kappa shape index (κ3) is 10.4. The summed E-state index contributed by atoms with van der Waals surface area (Å²) in [4.78, 5) is 40.7. The molecule has 3 N–H and O–H groups in total. The average Bonchev–Trinajstić information content (AvgIpc) is 3.87.